The van der Waals surface area contributed by atoms with Gasteiger partial charge in [0.25, 0.3) is 0 Å². The van der Waals surface area contributed by atoms with Gasteiger partial charge in [0.15, 0.2) is 0 Å². The first-order valence-corrected chi connectivity index (χ1v) is 8.61. The van der Waals surface area contributed by atoms with Crippen LogP contribution in [0.2, 0.25) is 0 Å². The third-order valence-corrected chi connectivity index (χ3v) is 4.85. The Labute approximate surface area is 145 Å². The monoisotopic (exact) mass is 338 g/mol. The first kappa shape index (κ1) is 15.1. The van der Waals surface area contributed by atoms with Gasteiger partial charge in [0.05, 0.1) is 12.8 Å². The maximum atomic E-state index is 5.42. The predicted molar refractivity (Wildman–Crippen MR) is 97.9 cm³/mol. The number of para-hydroxylation sites is 1. The number of fused-ring (bicyclic) bond motifs is 1. The maximum absolute atomic E-state index is 5.42. The fourth-order valence-electron chi connectivity index (χ4n) is 2.69. The summed E-state index contributed by atoms with van der Waals surface area (Å²) < 4.78 is 7.34. The molecule has 4 rings (SSSR count). The molecule has 1 unspecified atom stereocenters. The maximum Gasteiger partial charge on any atom is 0.148 e. The van der Waals surface area contributed by atoms with Crippen LogP contribution in [0, 0.1) is 0 Å². The molecule has 6 heteroatoms. The summed E-state index contributed by atoms with van der Waals surface area (Å²) in [6.45, 7) is 0.815. The van der Waals surface area contributed by atoms with Gasteiger partial charge in [-0.25, -0.2) is 0 Å². The standard InChI is InChI=1S/C18H18N4OS/c1-23-16-10-6-5-9-14(16)15-11-17-20-18(24-22(17)21-15)19-12-13-7-3-2-4-8-13/h2-11,18-20H,12H2,1H3. The molecule has 0 saturated heterocycles. The molecule has 0 fully saturated rings. The molecule has 122 valence electrons. The summed E-state index contributed by atoms with van der Waals surface area (Å²) in [5.41, 5.74) is 3.28. The minimum Gasteiger partial charge on any atom is -0.496 e. The number of nitrogens with zero attached hydrogens (tertiary/aromatic N) is 2. The minimum absolute atomic E-state index is 0.111. The van der Waals surface area contributed by atoms with Crippen LogP contribution in [0.3, 0.4) is 0 Å². The zero-order chi connectivity index (χ0) is 16.4. The van der Waals surface area contributed by atoms with Crippen molar-refractivity contribution in [2.75, 3.05) is 12.4 Å². The summed E-state index contributed by atoms with van der Waals surface area (Å²) in [4.78, 5) is 0. The van der Waals surface area contributed by atoms with Crippen molar-refractivity contribution in [2.24, 2.45) is 0 Å². The Morgan fingerprint density at radius 2 is 1.96 bits per heavy atom. The number of hydrogen-bond donors (Lipinski definition) is 2. The molecule has 1 aliphatic rings. The Bertz CT molecular complexity index is 811. The van der Waals surface area contributed by atoms with Crippen molar-refractivity contribution in [1.82, 2.24) is 14.5 Å². The fraction of sp³-hybridized carbons (Fsp3) is 0.167. The molecule has 0 bridgehead atoms. The Balaban J connectivity index is 1.44. The van der Waals surface area contributed by atoms with Crippen molar-refractivity contribution in [3.05, 3.63) is 66.2 Å². The molecule has 2 N–H and O–H groups in total. The van der Waals surface area contributed by atoms with Crippen LogP contribution in [0.25, 0.3) is 11.3 Å². The predicted octanol–water partition coefficient (Wildman–Crippen LogP) is 3.55. The highest BCUT2D eigenvalue weighted by molar-refractivity contribution is 7.98. The van der Waals surface area contributed by atoms with Gasteiger partial charge < -0.3 is 10.1 Å². The van der Waals surface area contributed by atoms with Gasteiger partial charge in [0.1, 0.15) is 17.1 Å². The Hall–Kier alpha value is -2.44. The van der Waals surface area contributed by atoms with Gasteiger partial charge in [-0.05, 0) is 17.7 Å². The molecule has 0 aliphatic carbocycles. The summed E-state index contributed by atoms with van der Waals surface area (Å²) in [6, 6.07) is 20.3. The van der Waals surface area contributed by atoms with Gasteiger partial charge in [0, 0.05) is 30.1 Å². The molecule has 2 heterocycles. The third kappa shape index (κ3) is 2.98. The van der Waals surface area contributed by atoms with E-state index < -0.39 is 0 Å². The quantitative estimate of drug-likeness (QED) is 0.745. The van der Waals surface area contributed by atoms with Crippen LogP contribution in [0.5, 0.6) is 5.75 Å². The Morgan fingerprint density at radius 1 is 1.17 bits per heavy atom. The lowest BCUT2D eigenvalue weighted by Gasteiger charge is -2.12. The van der Waals surface area contributed by atoms with E-state index in [0.29, 0.717) is 0 Å². The highest BCUT2D eigenvalue weighted by Crippen LogP contribution is 2.35. The average molecular weight is 338 g/mol. The fourth-order valence-corrected chi connectivity index (χ4v) is 3.57. The Morgan fingerprint density at radius 3 is 2.75 bits per heavy atom. The lowest BCUT2D eigenvalue weighted by Crippen LogP contribution is -2.30. The summed E-state index contributed by atoms with van der Waals surface area (Å²) in [5.74, 6) is 1.82. The number of rotatable bonds is 5. The van der Waals surface area contributed by atoms with E-state index in [0.717, 1.165) is 29.4 Å². The van der Waals surface area contributed by atoms with Crippen LogP contribution < -0.4 is 15.4 Å². The van der Waals surface area contributed by atoms with Gasteiger partial charge in [-0.15, -0.1) is 0 Å². The number of nitrogens with one attached hydrogen (secondary N) is 2. The molecular formula is C18H18N4OS. The molecule has 2 aromatic carbocycles. The molecule has 0 spiro atoms. The summed E-state index contributed by atoms with van der Waals surface area (Å²) in [7, 11) is 1.68. The smallest absolute Gasteiger partial charge is 0.148 e. The van der Waals surface area contributed by atoms with E-state index in [-0.39, 0.29) is 5.50 Å². The van der Waals surface area contributed by atoms with Crippen LogP contribution >= 0.6 is 11.9 Å². The van der Waals surface area contributed by atoms with Crippen molar-refractivity contribution in [1.29, 1.82) is 0 Å². The summed E-state index contributed by atoms with van der Waals surface area (Å²) in [6.07, 6.45) is 0. The van der Waals surface area contributed by atoms with E-state index in [1.54, 1.807) is 19.1 Å². The molecule has 24 heavy (non-hydrogen) atoms. The number of ether oxygens (including phenoxy) is 1. The van der Waals surface area contributed by atoms with E-state index in [1.807, 2.05) is 34.4 Å². The molecule has 3 aromatic rings. The van der Waals surface area contributed by atoms with Crippen LogP contribution in [0.4, 0.5) is 5.82 Å². The second kappa shape index (κ2) is 6.59. The summed E-state index contributed by atoms with van der Waals surface area (Å²) in [5, 5.41) is 11.6. The minimum atomic E-state index is 0.111. The van der Waals surface area contributed by atoms with Crippen molar-refractivity contribution < 1.29 is 4.74 Å². The molecule has 0 saturated carbocycles. The lowest BCUT2D eigenvalue weighted by molar-refractivity contribution is 0.416. The van der Waals surface area contributed by atoms with Crippen LogP contribution in [-0.4, -0.2) is 21.8 Å². The lowest BCUT2D eigenvalue weighted by atomic mass is 10.1. The highest BCUT2D eigenvalue weighted by atomic mass is 32.2. The number of aromatic nitrogens is 2. The largest absolute Gasteiger partial charge is 0.496 e. The van der Waals surface area contributed by atoms with E-state index in [4.69, 9.17) is 4.74 Å². The topological polar surface area (TPSA) is 51.1 Å². The number of anilines is 1. The second-order valence-electron chi connectivity index (χ2n) is 5.48. The normalized spacial score (nSPS) is 15.8. The van der Waals surface area contributed by atoms with Crippen molar-refractivity contribution >= 4 is 17.8 Å². The molecular weight excluding hydrogens is 320 g/mol. The van der Waals surface area contributed by atoms with Crippen molar-refractivity contribution in [3.8, 4) is 17.0 Å². The first-order valence-electron chi connectivity index (χ1n) is 7.78. The van der Waals surface area contributed by atoms with Crippen LogP contribution in [0.15, 0.2) is 60.7 Å². The molecule has 1 atom stereocenters. The first-order chi connectivity index (χ1) is 11.8. The van der Waals surface area contributed by atoms with Crippen molar-refractivity contribution in [2.45, 2.75) is 12.0 Å². The number of hydrogen-bond acceptors (Lipinski definition) is 5. The molecule has 0 radical (unpaired) electrons. The average Bonchev–Trinajstić information content (AvgIpc) is 3.19. The van der Waals surface area contributed by atoms with E-state index in [1.165, 1.54) is 5.56 Å². The zero-order valence-corrected chi connectivity index (χ0v) is 14.1. The molecule has 1 aromatic heterocycles. The molecule has 1 aliphatic heterocycles. The highest BCUT2D eigenvalue weighted by Gasteiger charge is 2.24. The van der Waals surface area contributed by atoms with Crippen molar-refractivity contribution in [3.63, 3.8) is 0 Å². The van der Waals surface area contributed by atoms with E-state index in [2.05, 4.69) is 46.1 Å². The van der Waals surface area contributed by atoms with Gasteiger partial charge in [-0.2, -0.15) is 9.19 Å². The SMILES string of the molecule is COc1ccccc1-c1cc2n(n1)SC(NCc1ccccc1)N2. The molecule has 0 amide bonds. The number of methoxy groups -OCH3 is 1. The summed E-state index contributed by atoms with van der Waals surface area (Å²) >= 11 is 1.63. The molecule has 5 nitrogen and oxygen atoms in total. The number of benzene rings is 2. The van der Waals surface area contributed by atoms with E-state index >= 15 is 0 Å². The second-order valence-corrected chi connectivity index (χ2v) is 6.51. The van der Waals surface area contributed by atoms with Crippen LogP contribution in [-0.2, 0) is 6.54 Å². The van der Waals surface area contributed by atoms with Gasteiger partial charge in [0.2, 0.25) is 0 Å². The van der Waals surface area contributed by atoms with Gasteiger partial charge in [-0.1, -0.05) is 42.5 Å². The van der Waals surface area contributed by atoms with Gasteiger partial charge >= 0.3 is 0 Å². The zero-order valence-electron chi connectivity index (χ0n) is 13.3. The van der Waals surface area contributed by atoms with E-state index in [9.17, 15) is 0 Å². The van der Waals surface area contributed by atoms with Crippen LogP contribution in [0.1, 0.15) is 5.56 Å². The van der Waals surface area contributed by atoms with Gasteiger partial charge in [-0.3, -0.25) is 5.32 Å². The Kier molecular flexibility index (Phi) is 4.15. The third-order valence-electron chi connectivity index (χ3n) is 3.88.